The van der Waals surface area contributed by atoms with Crippen LogP contribution in [0, 0.1) is 13.8 Å². The lowest BCUT2D eigenvalue weighted by atomic mass is 10.1. The number of benzene rings is 2. The van der Waals surface area contributed by atoms with Gasteiger partial charge >= 0.3 is 0 Å². The van der Waals surface area contributed by atoms with Crippen molar-refractivity contribution in [1.29, 1.82) is 0 Å². The van der Waals surface area contributed by atoms with Crippen molar-refractivity contribution in [3.63, 3.8) is 0 Å². The average molecular weight is 338 g/mol. The minimum Gasteiger partial charge on any atom is -0.496 e. The molecule has 0 atom stereocenters. The van der Waals surface area contributed by atoms with Gasteiger partial charge in [-0.3, -0.25) is 0 Å². The normalized spacial score (nSPS) is 11.0. The largest absolute Gasteiger partial charge is 0.496 e. The summed E-state index contributed by atoms with van der Waals surface area (Å²) in [4.78, 5) is 0. The van der Waals surface area contributed by atoms with Crippen molar-refractivity contribution in [1.82, 2.24) is 0 Å². The summed E-state index contributed by atoms with van der Waals surface area (Å²) < 4.78 is 11.5. The molecule has 0 N–H and O–H groups in total. The molecule has 0 amide bonds. The molecule has 0 radical (unpaired) electrons. The first-order valence-electron chi connectivity index (χ1n) is 9.20. The Morgan fingerprint density at radius 3 is 2.32 bits per heavy atom. The molecule has 2 aromatic carbocycles. The van der Waals surface area contributed by atoms with Gasteiger partial charge in [0.05, 0.1) is 13.7 Å². The van der Waals surface area contributed by atoms with Crippen LogP contribution in [0.25, 0.3) is 12.2 Å². The second kappa shape index (κ2) is 9.93. The Bertz CT molecular complexity index is 684. The topological polar surface area (TPSA) is 18.5 Å². The van der Waals surface area contributed by atoms with Crippen LogP contribution in [0.2, 0.25) is 0 Å². The molecular weight excluding hydrogens is 308 g/mol. The summed E-state index contributed by atoms with van der Waals surface area (Å²) in [6.07, 6.45) is 9.05. The van der Waals surface area contributed by atoms with Gasteiger partial charge in [0.2, 0.25) is 0 Å². The molecule has 0 aliphatic heterocycles. The Labute approximate surface area is 152 Å². The van der Waals surface area contributed by atoms with Crippen molar-refractivity contribution in [2.24, 2.45) is 0 Å². The monoisotopic (exact) mass is 338 g/mol. The Morgan fingerprint density at radius 1 is 0.880 bits per heavy atom. The molecule has 25 heavy (non-hydrogen) atoms. The zero-order valence-corrected chi connectivity index (χ0v) is 16.0. The van der Waals surface area contributed by atoms with Crippen molar-refractivity contribution in [3.8, 4) is 11.5 Å². The van der Waals surface area contributed by atoms with Gasteiger partial charge in [-0.2, -0.15) is 0 Å². The van der Waals surface area contributed by atoms with Crippen LogP contribution in [0.1, 0.15) is 54.9 Å². The quantitative estimate of drug-likeness (QED) is 0.387. The van der Waals surface area contributed by atoms with Crippen molar-refractivity contribution in [3.05, 3.63) is 58.7 Å². The Balaban J connectivity index is 2.12. The maximum atomic E-state index is 6.00. The molecule has 0 saturated carbocycles. The summed E-state index contributed by atoms with van der Waals surface area (Å²) in [7, 11) is 1.71. The van der Waals surface area contributed by atoms with Crippen LogP contribution in [0.4, 0.5) is 0 Å². The molecule has 0 spiro atoms. The van der Waals surface area contributed by atoms with E-state index >= 15 is 0 Å². The van der Waals surface area contributed by atoms with Crippen LogP contribution in [0.15, 0.2) is 36.4 Å². The molecule has 134 valence electrons. The second-order valence-electron chi connectivity index (χ2n) is 6.51. The van der Waals surface area contributed by atoms with Crippen LogP contribution in [0.5, 0.6) is 11.5 Å². The van der Waals surface area contributed by atoms with E-state index < -0.39 is 0 Å². The van der Waals surface area contributed by atoms with E-state index in [-0.39, 0.29) is 0 Å². The Hall–Kier alpha value is -2.22. The smallest absolute Gasteiger partial charge is 0.126 e. The van der Waals surface area contributed by atoms with Gasteiger partial charge in [-0.15, -0.1) is 0 Å². The van der Waals surface area contributed by atoms with E-state index in [2.05, 4.69) is 69.3 Å². The number of unbranched alkanes of at least 4 members (excludes halogenated alkanes) is 3. The highest BCUT2D eigenvalue weighted by atomic mass is 16.5. The molecule has 0 heterocycles. The molecule has 2 heteroatoms. The summed E-state index contributed by atoms with van der Waals surface area (Å²) >= 11 is 0. The van der Waals surface area contributed by atoms with Crippen molar-refractivity contribution >= 4 is 12.2 Å². The van der Waals surface area contributed by atoms with Crippen LogP contribution >= 0.6 is 0 Å². The van der Waals surface area contributed by atoms with E-state index in [4.69, 9.17) is 9.47 Å². The van der Waals surface area contributed by atoms with Crippen LogP contribution in [-0.2, 0) is 0 Å². The number of ether oxygens (including phenoxy) is 2. The Morgan fingerprint density at radius 2 is 1.64 bits per heavy atom. The van der Waals surface area contributed by atoms with Gasteiger partial charge < -0.3 is 9.47 Å². The van der Waals surface area contributed by atoms with Gasteiger partial charge in [-0.25, -0.2) is 0 Å². The van der Waals surface area contributed by atoms with E-state index in [9.17, 15) is 0 Å². The number of hydrogen-bond acceptors (Lipinski definition) is 2. The summed E-state index contributed by atoms with van der Waals surface area (Å²) in [5, 5.41) is 0. The average Bonchev–Trinajstić information content (AvgIpc) is 2.62. The Kier molecular flexibility index (Phi) is 7.59. The van der Waals surface area contributed by atoms with Crippen LogP contribution < -0.4 is 9.47 Å². The minimum atomic E-state index is 0.772. The van der Waals surface area contributed by atoms with E-state index in [1.54, 1.807) is 7.11 Å². The molecule has 0 fully saturated rings. The molecule has 2 aromatic rings. The van der Waals surface area contributed by atoms with Gasteiger partial charge in [-0.05, 0) is 43.5 Å². The van der Waals surface area contributed by atoms with Gasteiger partial charge in [0.25, 0.3) is 0 Å². The fourth-order valence-electron chi connectivity index (χ4n) is 2.71. The molecule has 0 bridgehead atoms. The number of rotatable bonds is 9. The number of aryl methyl sites for hydroxylation is 2. The van der Waals surface area contributed by atoms with Crippen LogP contribution in [-0.4, -0.2) is 13.7 Å². The zero-order valence-electron chi connectivity index (χ0n) is 16.0. The summed E-state index contributed by atoms with van der Waals surface area (Å²) in [5.74, 6) is 1.82. The third-order valence-electron chi connectivity index (χ3n) is 4.32. The molecule has 0 aromatic heterocycles. The minimum absolute atomic E-state index is 0.772. The highest BCUT2D eigenvalue weighted by molar-refractivity contribution is 5.74. The van der Waals surface area contributed by atoms with Gasteiger partial charge in [0.15, 0.2) is 0 Å². The fraction of sp³-hybridized carbons (Fsp3) is 0.391. The second-order valence-corrected chi connectivity index (χ2v) is 6.51. The molecule has 0 aliphatic carbocycles. The maximum absolute atomic E-state index is 6.00. The van der Waals surface area contributed by atoms with Gasteiger partial charge in [0, 0.05) is 5.56 Å². The predicted octanol–water partition coefficient (Wildman–Crippen LogP) is 6.44. The lowest BCUT2D eigenvalue weighted by molar-refractivity contribution is 0.302. The van der Waals surface area contributed by atoms with Crippen molar-refractivity contribution < 1.29 is 9.47 Å². The standard InChI is InChI=1S/C23H30O2/c1-5-6-7-8-15-25-22-17-21(23(24-4)16-19(22)3)14-13-20-11-9-18(2)10-12-20/h9-14,16-17H,5-8,15H2,1-4H3. The van der Waals surface area contributed by atoms with Crippen LogP contribution in [0.3, 0.4) is 0 Å². The first kappa shape index (κ1) is 19.1. The number of hydrogen-bond donors (Lipinski definition) is 0. The molecule has 2 nitrogen and oxygen atoms in total. The first-order valence-corrected chi connectivity index (χ1v) is 9.20. The molecular formula is C23H30O2. The highest BCUT2D eigenvalue weighted by Gasteiger charge is 2.07. The van der Waals surface area contributed by atoms with Crippen molar-refractivity contribution in [2.45, 2.75) is 46.5 Å². The SMILES string of the molecule is CCCCCCOc1cc(C=Cc2ccc(C)cc2)c(OC)cc1C. The zero-order chi connectivity index (χ0) is 18.1. The van der Waals surface area contributed by atoms with E-state index in [1.165, 1.54) is 30.4 Å². The van der Waals surface area contributed by atoms with Gasteiger partial charge in [0.1, 0.15) is 11.5 Å². The fourth-order valence-corrected chi connectivity index (χ4v) is 2.71. The molecule has 0 unspecified atom stereocenters. The summed E-state index contributed by atoms with van der Waals surface area (Å²) in [6.45, 7) is 7.16. The van der Waals surface area contributed by atoms with E-state index in [1.807, 2.05) is 0 Å². The summed E-state index contributed by atoms with van der Waals surface area (Å²) in [5.41, 5.74) is 4.59. The third-order valence-corrected chi connectivity index (χ3v) is 4.32. The van der Waals surface area contributed by atoms with E-state index in [0.717, 1.165) is 35.7 Å². The van der Waals surface area contributed by atoms with Gasteiger partial charge in [-0.1, -0.05) is 68.2 Å². The molecule has 0 aliphatic rings. The first-order chi connectivity index (χ1) is 12.1. The molecule has 0 saturated heterocycles. The maximum Gasteiger partial charge on any atom is 0.126 e. The lowest BCUT2D eigenvalue weighted by Crippen LogP contribution is -2.00. The van der Waals surface area contributed by atoms with Crippen molar-refractivity contribution in [2.75, 3.05) is 13.7 Å². The number of methoxy groups -OCH3 is 1. The van der Waals surface area contributed by atoms with E-state index in [0.29, 0.717) is 0 Å². The molecule has 2 rings (SSSR count). The lowest BCUT2D eigenvalue weighted by Gasteiger charge is -2.13. The summed E-state index contributed by atoms with van der Waals surface area (Å²) in [6, 6.07) is 12.6. The predicted molar refractivity (Wildman–Crippen MR) is 107 cm³/mol. The third kappa shape index (κ3) is 5.97. The highest BCUT2D eigenvalue weighted by Crippen LogP contribution is 2.30.